The molecule has 1 heterocycles. The highest BCUT2D eigenvalue weighted by atomic mass is 35.5. The van der Waals surface area contributed by atoms with Crippen LogP contribution in [0.15, 0.2) is 24.3 Å². The summed E-state index contributed by atoms with van der Waals surface area (Å²) < 4.78 is 1.81. The van der Waals surface area contributed by atoms with Crippen molar-refractivity contribution in [3.8, 4) is 0 Å². The number of hydrogen-bond donors (Lipinski definition) is 2. The van der Waals surface area contributed by atoms with E-state index in [2.05, 4.69) is 15.7 Å². The molecule has 0 aliphatic heterocycles. The van der Waals surface area contributed by atoms with Gasteiger partial charge < -0.3 is 10.6 Å². The van der Waals surface area contributed by atoms with Gasteiger partial charge in [0.15, 0.2) is 0 Å². The number of carbonyl (C=O) groups is 2. The molecule has 2 aromatic rings. The highest BCUT2D eigenvalue weighted by Crippen LogP contribution is 2.26. The molecule has 1 aromatic heterocycles. The molecule has 0 saturated heterocycles. The van der Waals surface area contributed by atoms with Crippen LogP contribution in [0.1, 0.15) is 42.8 Å². The van der Waals surface area contributed by atoms with Gasteiger partial charge in [0, 0.05) is 39.5 Å². The Bertz CT molecular complexity index is 901. The lowest BCUT2D eigenvalue weighted by Crippen LogP contribution is -2.44. The van der Waals surface area contributed by atoms with Crippen LogP contribution in [0.2, 0.25) is 10.0 Å². The number of aryl methyl sites for hydroxylation is 1. The van der Waals surface area contributed by atoms with E-state index < -0.39 is 6.04 Å². The van der Waals surface area contributed by atoms with Crippen LogP contribution >= 0.6 is 23.2 Å². The maximum absolute atomic E-state index is 12.2. The summed E-state index contributed by atoms with van der Waals surface area (Å²) in [4.78, 5) is 24.0. The summed E-state index contributed by atoms with van der Waals surface area (Å²) in [6.45, 7) is 8.43. The largest absolute Gasteiger partial charge is 0.354 e. The van der Waals surface area contributed by atoms with Crippen molar-refractivity contribution in [3.05, 3.63) is 56.8 Å². The fourth-order valence-electron chi connectivity index (χ4n) is 2.83. The fourth-order valence-corrected chi connectivity index (χ4v) is 3.34. The first kappa shape index (κ1) is 23.0. The van der Waals surface area contributed by atoms with E-state index in [0.29, 0.717) is 23.1 Å². The monoisotopic (exact) mass is 436 g/mol. The van der Waals surface area contributed by atoms with Gasteiger partial charge in [-0.2, -0.15) is 5.10 Å². The molecule has 2 N–H and O–H groups in total. The summed E-state index contributed by atoms with van der Waals surface area (Å²) >= 11 is 12.5. The molecule has 8 heteroatoms. The molecular formula is C21H26Cl2N4O2. The van der Waals surface area contributed by atoms with Gasteiger partial charge in [-0.15, -0.1) is 0 Å². The Morgan fingerprint density at radius 2 is 1.90 bits per heavy atom. The number of nitrogens with one attached hydrogen (secondary N) is 2. The fraction of sp³-hybridized carbons (Fsp3) is 0.381. The zero-order chi connectivity index (χ0) is 21.6. The van der Waals surface area contributed by atoms with Crippen LogP contribution in [-0.2, 0) is 16.1 Å². The quantitative estimate of drug-likeness (QED) is 0.615. The van der Waals surface area contributed by atoms with E-state index in [1.807, 2.05) is 20.8 Å². The van der Waals surface area contributed by atoms with E-state index in [0.717, 1.165) is 28.9 Å². The van der Waals surface area contributed by atoms with Crippen molar-refractivity contribution < 1.29 is 9.59 Å². The minimum atomic E-state index is -0.606. The Hall–Kier alpha value is -2.31. The van der Waals surface area contributed by atoms with Crippen molar-refractivity contribution in [3.63, 3.8) is 0 Å². The molecule has 29 heavy (non-hydrogen) atoms. The van der Waals surface area contributed by atoms with Gasteiger partial charge in [-0.3, -0.25) is 14.3 Å². The van der Waals surface area contributed by atoms with Crippen LogP contribution < -0.4 is 10.6 Å². The third-order valence-corrected chi connectivity index (χ3v) is 5.22. The summed E-state index contributed by atoms with van der Waals surface area (Å²) in [5.41, 5.74) is 3.30. The lowest BCUT2D eigenvalue weighted by Gasteiger charge is -2.12. The van der Waals surface area contributed by atoms with E-state index in [4.69, 9.17) is 23.2 Å². The number of nitrogens with zero attached hydrogens (tertiary/aromatic N) is 2. The van der Waals surface area contributed by atoms with Crippen LogP contribution in [0, 0.1) is 13.8 Å². The lowest BCUT2D eigenvalue weighted by molar-refractivity contribution is -0.126. The molecule has 6 nitrogen and oxygen atoms in total. The predicted octanol–water partition coefficient (Wildman–Crippen LogP) is 3.90. The number of hydrogen-bond acceptors (Lipinski definition) is 3. The molecule has 2 amide bonds. The summed E-state index contributed by atoms with van der Waals surface area (Å²) in [7, 11) is 0. The predicted molar refractivity (Wildman–Crippen MR) is 117 cm³/mol. The second-order valence-corrected chi connectivity index (χ2v) is 7.61. The SMILES string of the molecule is CCCNC(=O)C(C)NC(=O)/C=C/c1c(C)nn(Cc2c(Cl)cccc2Cl)c1C. The molecule has 1 atom stereocenters. The van der Waals surface area contributed by atoms with Gasteiger partial charge in [-0.1, -0.05) is 36.2 Å². The number of aromatic nitrogens is 2. The zero-order valence-corrected chi connectivity index (χ0v) is 18.6. The second kappa shape index (κ2) is 10.5. The van der Waals surface area contributed by atoms with E-state index in [1.165, 1.54) is 6.08 Å². The molecule has 0 aliphatic carbocycles. The first-order valence-electron chi connectivity index (χ1n) is 9.47. The topological polar surface area (TPSA) is 76.0 Å². The highest BCUT2D eigenvalue weighted by Gasteiger charge is 2.15. The number of halogens is 2. The third kappa shape index (κ3) is 6.08. The summed E-state index contributed by atoms with van der Waals surface area (Å²) in [6, 6.07) is 4.77. The number of amides is 2. The van der Waals surface area contributed by atoms with Crippen LogP contribution in [-0.4, -0.2) is 34.2 Å². The Morgan fingerprint density at radius 3 is 2.52 bits per heavy atom. The van der Waals surface area contributed by atoms with Gasteiger partial charge in [-0.05, 0) is 45.4 Å². The van der Waals surface area contributed by atoms with Crippen molar-refractivity contribution >= 4 is 41.1 Å². The first-order valence-corrected chi connectivity index (χ1v) is 10.2. The molecule has 156 valence electrons. The maximum atomic E-state index is 12.2. The minimum absolute atomic E-state index is 0.203. The highest BCUT2D eigenvalue weighted by molar-refractivity contribution is 6.35. The van der Waals surface area contributed by atoms with Crippen molar-refractivity contribution in [2.24, 2.45) is 0 Å². The Kier molecular flexibility index (Phi) is 8.29. The van der Waals surface area contributed by atoms with E-state index in [9.17, 15) is 9.59 Å². The van der Waals surface area contributed by atoms with E-state index in [1.54, 1.807) is 35.9 Å². The average molecular weight is 437 g/mol. The molecule has 0 spiro atoms. The van der Waals surface area contributed by atoms with Crippen molar-refractivity contribution in [2.45, 2.75) is 46.7 Å². The van der Waals surface area contributed by atoms with Gasteiger partial charge in [0.05, 0.1) is 12.2 Å². The number of rotatable bonds is 8. The minimum Gasteiger partial charge on any atom is -0.354 e. The molecule has 0 bridgehead atoms. The van der Waals surface area contributed by atoms with Crippen molar-refractivity contribution in [2.75, 3.05) is 6.54 Å². The summed E-state index contributed by atoms with van der Waals surface area (Å²) in [5.74, 6) is -0.546. The van der Waals surface area contributed by atoms with Crippen LogP contribution in [0.25, 0.3) is 6.08 Å². The Labute approximate surface area is 181 Å². The van der Waals surface area contributed by atoms with Gasteiger partial charge in [0.25, 0.3) is 0 Å². The van der Waals surface area contributed by atoms with Crippen molar-refractivity contribution in [1.82, 2.24) is 20.4 Å². The molecule has 2 rings (SSSR count). The maximum Gasteiger partial charge on any atom is 0.244 e. The second-order valence-electron chi connectivity index (χ2n) is 6.80. The molecule has 1 unspecified atom stereocenters. The Balaban J connectivity index is 2.10. The lowest BCUT2D eigenvalue weighted by atomic mass is 10.1. The van der Waals surface area contributed by atoms with Gasteiger partial charge in [-0.25, -0.2) is 0 Å². The molecule has 0 aliphatic rings. The van der Waals surface area contributed by atoms with E-state index >= 15 is 0 Å². The van der Waals surface area contributed by atoms with Crippen LogP contribution in [0.4, 0.5) is 0 Å². The first-order chi connectivity index (χ1) is 13.7. The van der Waals surface area contributed by atoms with Crippen LogP contribution in [0.5, 0.6) is 0 Å². The third-order valence-electron chi connectivity index (χ3n) is 4.51. The molecule has 0 fully saturated rings. The normalized spacial score (nSPS) is 12.2. The molecule has 0 saturated carbocycles. The van der Waals surface area contributed by atoms with Crippen molar-refractivity contribution in [1.29, 1.82) is 0 Å². The number of benzene rings is 1. The number of carbonyl (C=O) groups excluding carboxylic acids is 2. The standard InChI is InChI=1S/C21H26Cl2N4O2/c1-5-11-24-21(29)14(3)25-20(28)10-9-16-13(2)26-27(15(16)4)12-17-18(22)7-6-8-19(17)23/h6-10,14H,5,11-12H2,1-4H3,(H,24,29)(H,25,28)/b10-9+. The van der Waals surface area contributed by atoms with E-state index in [-0.39, 0.29) is 11.8 Å². The zero-order valence-electron chi connectivity index (χ0n) is 17.1. The summed E-state index contributed by atoms with van der Waals surface area (Å²) in [5, 5.41) is 11.1. The van der Waals surface area contributed by atoms with Gasteiger partial charge in [0.2, 0.25) is 11.8 Å². The average Bonchev–Trinajstić information content (AvgIpc) is 2.94. The smallest absolute Gasteiger partial charge is 0.244 e. The van der Waals surface area contributed by atoms with Crippen LogP contribution in [0.3, 0.4) is 0 Å². The van der Waals surface area contributed by atoms with Gasteiger partial charge in [0.1, 0.15) is 6.04 Å². The van der Waals surface area contributed by atoms with Gasteiger partial charge >= 0.3 is 0 Å². The molecular weight excluding hydrogens is 411 g/mol. The molecule has 0 radical (unpaired) electrons. The Morgan fingerprint density at radius 1 is 1.24 bits per heavy atom. The summed E-state index contributed by atoms with van der Waals surface area (Å²) in [6.07, 6.45) is 3.95. The molecule has 1 aromatic carbocycles.